The lowest BCUT2D eigenvalue weighted by atomic mass is 9.96. The normalized spacial score (nSPS) is 27.1. The number of fused-ring (bicyclic) bond motifs is 13. The van der Waals surface area contributed by atoms with Gasteiger partial charge in [0, 0.05) is 28.1 Å². The second-order valence-corrected chi connectivity index (χ2v) is 9.48. The number of nitrogens with one attached hydrogen (secondary N) is 1. The number of carbonyl (C=O) groups is 2. The Morgan fingerprint density at radius 3 is 2.56 bits per heavy atom. The average Bonchev–Trinajstić information content (AvgIpc) is 3.51. The summed E-state index contributed by atoms with van der Waals surface area (Å²) in [7, 11) is 0. The van der Waals surface area contributed by atoms with Crippen LogP contribution in [0.1, 0.15) is 35.5 Å². The maximum Gasteiger partial charge on any atom is 0.295 e. The van der Waals surface area contributed by atoms with Crippen LogP contribution in [0.4, 0.5) is 0 Å². The number of hydrogen-bond donors (Lipinski definition) is 2. The predicted octanol–water partition coefficient (Wildman–Crippen LogP) is 3.61. The quantitative estimate of drug-likeness (QED) is 0.315. The molecule has 34 heavy (non-hydrogen) atoms. The van der Waals surface area contributed by atoms with E-state index >= 15 is 0 Å². The molecule has 1 fully saturated rings. The second kappa shape index (κ2) is 5.60. The maximum atomic E-state index is 13.2. The highest BCUT2D eigenvalue weighted by atomic mass is 16.7. The molecule has 1 amide bonds. The van der Waals surface area contributed by atoms with Crippen LogP contribution < -0.4 is 5.32 Å². The molecule has 3 aliphatic rings. The van der Waals surface area contributed by atoms with Gasteiger partial charge in [-0.05, 0) is 24.6 Å². The van der Waals surface area contributed by atoms with Crippen LogP contribution in [-0.4, -0.2) is 32.4 Å². The van der Waals surface area contributed by atoms with Gasteiger partial charge in [-0.1, -0.05) is 36.4 Å². The summed E-state index contributed by atoms with van der Waals surface area (Å²) in [4.78, 5) is 24.7. The van der Waals surface area contributed by atoms with Crippen molar-refractivity contribution in [2.45, 2.75) is 37.6 Å². The fourth-order valence-electron chi connectivity index (χ4n) is 6.65. The molecule has 2 aromatic heterocycles. The highest BCUT2D eigenvalue weighted by Gasteiger charge is 2.63. The van der Waals surface area contributed by atoms with Crippen molar-refractivity contribution in [3.05, 3.63) is 59.7 Å². The number of ether oxygens (including phenoxy) is 2. The summed E-state index contributed by atoms with van der Waals surface area (Å²) in [5.41, 5.74) is 3.73. The fraction of sp³-hybridized carbons (Fsp3) is 0.231. The van der Waals surface area contributed by atoms with E-state index in [1.807, 2.05) is 53.1 Å². The maximum absolute atomic E-state index is 13.2. The SMILES string of the molecule is C[C@@]12O[C@@H](C[C@@]1(O)OC=O)n1c3ccccc3c3c4c(c5c6ccccc6n2c5c31)CNC4=O. The van der Waals surface area contributed by atoms with Gasteiger partial charge in [0.05, 0.1) is 34.1 Å². The molecular formula is C26H19N3O5. The topological polar surface area (TPSA) is 94.7 Å². The van der Waals surface area contributed by atoms with Crippen LogP contribution >= 0.6 is 0 Å². The number of carbonyl (C=O) groups excluding carboxylic acids is 2. The molecule has 0 aliphatic carbocycles. The van der Waals surface area contributed by atoms with E-state index in [2.05, 4.69) is 9.88 Å². The number of hydrogen-bond acceptors (Lipinski definition) is 5. The minimum atomic E-state index is -1.89. The van der Waals surface area contributed by atoms with E-state index in [9.17, 15) is 14.7 Å². The van der Waals surface area contributed by atoms with Gasteiger partial charge in [0.2, 0.25) is 5.72 Å². The number of para-hydroxylation sites is 2. The lowest BCUT2D eigenvalue weighted by molar-refractivity contribution is -0.277. The van der Waals surface area contributed by atoms with E-state index in [4.69, 9.17) is 9.47 Å². The fourth-order valence-corrected chi connectivity index (χ4v) is 6.65. The Morgan fingerprint density at radius 2 is 1.79 bits per heavy atom. The Bertz CT molecular complexity index is 1780. The van der Waals surface area contributed by atoms with Crippen molar-refractivity contribution in [3.8, 4) is 0 Å². The Labute approximate surface area is 192 Å². The van der Waals surface area contributed by atoms with Gasteiger partial charge >= 0.3 is 0 Å². The van der Waals surface area contributed by atoms with Crippen LogP contribution in [0.2, 0.25) is 0 Å². The minimum Gasteiger partial charge on any atom is -0.430 e. The predicted molar refractivity (Wildman–Crippen MR) is 124 cm³/mol. The van der Waals surface area contributed by atoms with Gasteiger partial charge in [0.25, 0.3) is 18.2 Å². The first-order chi connectivity index (χ1) is 16.5. The van der Waals surface area contributed by atoms with Crippen molar-refractivity contribution in [3.63, 3.8) is 0 Å². The van der Waals surface area contributed by atoms with Gasteiger partial charge in [-0.25, -0.2) is 0 Å². The van der Waals surface area contributed by atoms with Crippen molar-refractivity contribution >= 4 is 56.0 Å². The Hall–Kier alpha value is -3.88. The largest absolute Gasteiger partial charge is 0.430 e. The van der Waals surface area contributed by atoms with Gasteiger partial charge in [-0.15, -0.1) is 0 Å². The van der Waals surface area contributed by atoms with E-state index in [0.29, 0.717) is 12.1 Å². The molecule has 3 aromatic carbocycles. The summed E-state index contributed by atoms with van der Waals surface area (Å²) in [6, 6.07) is 15.8. The van der Waals surface area contributed by atoms with E-state index in [-0.39, 0.29) is 18.8 Å². The molecule has 2 bridgehead atoms. The van der Waals surface area contributed by atoms with Crippen LogP contribution in [0, 0.1) is 0 Å². The third kappa shape index (κ3) is 1.77. The molecular weight excluding hydrogens is 434 g/mol. The Kier molecular flexibility index (Phi) is 3.05. The van der Waals surface area contributed by atoms with Gasteiger partial charge in [0.15, 0.2) is 0 Å². The number of benzene rings is 3. The third-order valence-corrected chi connectivity index (χ3v) is 8.02. The minimum absolute atomic E-state index is 0.0483. The van der Waals surface area contributed by atoms with Crippen LogP contribution in [0.3, 0.4) is 0 Å². The molecule has 8 nitrogen and oxygen atoms in total. The van der Waals surface area contributed by atoms with Crippen molar-refractivity contribution in [1.29, 1.82) is 0 Å². The van der Waals surface area contributed by atoms with Crippen LogP contribution in [-0.2, 0) is 26.5 Å². The smallest absolute Gasteiger partial charge is 0.295 e. The highest BCUT2D eigenvalue weighted by Crippen LogP contribution is 2.57. The summed E-state index contributed by atoms with van der Waals surface area (Å²) in [6.45, 7) is 2.47. The Balaban J connectivity index is 1.75. The molecule has 5 aromatic rings. The summed E-state index contributed by atoms with van der Waals surface area (Å²) >= 11 is 0. The molecule has 8 heteroatoms. The number of aromatic nitrogens is 2. The van der Waals surface area contributed by atoms with Gasteiger partial charge < -0.3 is 29.0 Å². The lowest BCUT2D eigenvalue weighted by Gasteiger charge is -2.37. The highest BCUT2D eigenvalue weighted by molar-refractivity contribution is 6.31. The summed E-state index contributed by atoms with van der Waals surface area (Å²) < 4.78 is 16.0. The zero-order valence-electron chi connectivity index (χ0n) is 18.2. The van der Waals surface area contributed by atoms with Crippen molar-refractivity contribution in [2.75, 3.05) is 0 Å². The van der Waals surface area contributed by atoms with Gasteiger partial charge in [-0.3, -0.25) is 9.59 Å². The number of aliphatic hydroxyl groups is 1. The first-order valence-electron chi connectivity index (χ1n) is 11.3. The van der Waals surface area contributed by atoms with Crippen molar-refractivity contribution in [2.24, 2.45) is 0 Å². The lowest BCUT2D eigenvalue weighted by Crippen LogP contribution is -2.52. The molecule has 0 spiro atoms. The first kappa shape index (κ1) is 18.5. The summed E-state index contributed by atoms with van der Waals surface area (Å²) in [5, 5.41) is 18.5. The molecule has 0 radical (unpaired) electrons. The van der Waals surface area contributed by atoms with E-state index in [1.54, 1.807) is 6.92 Å². The first-order valence-corrected chi connectivity index (χ1v) is 11.3. The molecule has 0 unspecified atom stereocenters. The molecule has 2 N–H and O–H groups in total. The molecule has 3 aliphatic heterocycles. The molecule has 8 rings (SSSR count). The second-order valence-electron chi connectivity index (χ2n) is 9.48. The molecule has 0 saturated carbocycles. The number of nitrogens with zero attached hydrogens (tertiary/aromatic N) is 2. The van der Waals surface area contributed by atoms with Gasteiger partial charge in [0.1, 0.15) is 6.23 Å². The van der Waals surface area contributed by atoms with E-state index in [0.717, 1.165) is 49.2 Å². The molecule has 5 heterocycles. The van der Waals surface area contributed by atoms with Crippen LogP contribution in [0.5, 0.6) is 0 Å². The monoisotopic (exact) mass is 453 g/mol. The zero-order valence-corrected chi connectivity index (χ0v) is 18.2. The van der Waals surface area contributed by atoms with Crippen LogP contribution in [0.25, 0.3) is 43.6 Å². The van der Waals surface area contributed by atoms with Crippen molar-refractivity contribution < 1.29 is 24.2 Å². The summed E-state index contributed by atoms with van der Waals surface area (Å²) in [5.74, 6) is -1.98. The standard InChI is InChI=1S/C26H19N3O5/c1-25-26(32,33-12-30)10-18(34-25)28-16-8-4-2-6-13(16)20-21-15(11-27-24(21)31)19-14-7-3-5-9-17(14)29(25)23(19)22(20)28/h2-9,12,18,32H,10-11H2,1H3,(H,27,31)/t18-,25+,26+/m0/s1. The van der Waals surface area contributed by atoms with Crippen molar-refractivity contribution in [1.82, 2.24) is 14.5 Å². The van der Waals surface area contributed by atoms with Crippen LogP contribution in [0.15, 0.2) is 48.5 Å². The molecule has 1 saturated heterocycles. The van der Waals surface area contributed by atoms with Gasteiger partial charge in [-0.2, -0.15) is 0 Å². The number of rotatable bonds is 2. The van der Waals surface area contributed by atoms with E-state index in [1.165, 1.54) is 0 Å². The average molecular weight is 453 g/mol. The Morgan fingerprint density at radius 1 is 1.09 bits per heavy atom. The number of amides is 1. The third-order valence-electron chi connectivity index (χ3n) is 8.02. The summed E-state index contributed by atoms with van der Waals surface area (Å²) in [6.07, 6.45) is -0.561. The van der Waals surface area contributed by atoms with E-state index < -0.39 is 17.7 Å². The molecule has 3 atom stereocenters. The molecule has 168 valence electrons. The zero-order chi connectivity index (χ0) is 23.0.